The highest BCUT2D eigenvalue weighted by molar-refractivity contribution is 6.15. The van der Waals surface area contributed by atoms with Gasteiger partial charge in [-0.15, -0.1) is 0 Å². The molecule has 0 atom stereocenters. The number of esters is 2. The molecule has 1 aliphatic rings. The van der Waals surface area contributed by atoms with Crippen LogP contribution < -0.4 is 9.47 Å². The van der Waals surface area contributed by atoms with Crippen molar-refractivity contribution >= 4 is 35.8 Å². The molecule has 0 spiro atoms. The molecule has 0 N–H and O–H groups in total. The van der Waals surface area contributed by atoms with Gasteiger partial charge in [0.15, 0.2) is 17.3 Å². The molecule has 2 aromatic carbocycles. The summed E-state index contributed by atoms with van der Waals surface area (Å²) in [5.41, 5.74) is 4.25. The molecular formula is C26H25NO6. The molecule has 1 heterocycles. The number of amides is 1. The standard InChI is InChI=1S/C26H25NO6/c1-15-6-7-19(10-16(15)2)11-21-14-23(30)22(27(5)26(21)31)12-20-8-9-24(32-17(3)28)25(13-20)33-18(4)29/h6-13H,14H2,1-5H3/b21-11-,22-12+. The van der Waals surface area contributed by atoms with Crippen molar-refractivity contribution in [1.29, 1.82) is 0 Å². The van der Waals surface area contributed by atoms with Crippen molar-refractivity contribution < 1.29 is 28.7 Å². The van der Waals surface area contributed by atoms with Crippen LogP contribution in [-0.4, -0.2) is 35.6 Å². The van der Waals surface area contributed by atoms with Crippen molar-refractivity contribution in [2.75, 3.05) is 7.05 Å². The van der Waals surface area contributed by atoms with Gasteiger partial charge in [-0.05, 0) is 60.4 Å². The van der Waals surface area contributed by atoms with Gasteiger partial charge in [-0.1, -0.05) is 24.3 Å². The van der Waals surface area contributed by atoms with E-state index in [-0.39, 0.29) is 35.3 Å². The van der Waals surface area contributed by atoms with E-state index in [1.807, 2.05) is 32.0 Å². The third kappa shape index (κ3) is 5.63. The molecule has 0 unspecified atom stereocenters. The summed E-state index contributed by atoms with van der Waals surface area (Å²) in [5, 5.41) is 0. The van der Waals surface area contributed by atoms with Crippen molar-refractivity contribution in [2.24, 2.45) is 0 Å². The van der Waals surface area contributed by atoms with Crippen LogP contribution in [-0.2, 0) is 19.2 Å². The monoisotopic (exact) mass is 447 g/mol. The largest absolute Gasteiger partial charge is 0.423 e. The Balaban J connectivity index is 1.92. The summed E-state index contributed by atoms with van der Waals surface area (Å²) in [5.74, 6) is -1.51. The number of allylic oxidation sites excluding steroid dienone is 1. The van der Waals surface area contributed by atoms with E-state index >= 15 is 0 Å². The zero-order chi connectivity index (χ0) is 24.3. The van der Waals surface area contributed by atoms with Crippen LogP contribution in [0.5, 0.6) is 11.5 Å². The number of carbonyl (C=O) groups is 4. The van der Waals surface area contributed by atoms with E-state index in [0.29, 0.717) is 11.1 Å². The number of ketones is 1. The van der Waals surface area contributed by atoms with Gasteiger partial charge in [0, 0.05) is 32.9 Å². The third-order valence-electron chi connectivity index (χ3n) is 5.23. The molecule has 170 valence electrons. The molecule has 0 aromatic heterocycles. The Kier molecular flexibility index (Phi) is 6.92. The summed E-state index contributed by atoms with van der Waals surface area (Å²) in [6, 6.07) is 10.4. The number of likely N-dealkylation sites (tertiary alicyclic amines) is 1. The summed E-state index contributed by atoms with van der Waals surface area (Å²) < 4.78 is 10.2. The molecule has 1 aliphatic heterocycles. The maximum absolute atomic E-state index is 13.0. The summed E-state index contributed by atoms with van der Waals surface area (Å²) in [6.45, 7) is 6.47. The zero-order valence-corrected chi connectivity index (χ0v) is 19.2. The SMILES string of the molecule is CC(=O)Oc1ccc(/C=C2\C(=O)C/C(=C/c3ccc(C)c(C)c3)C(=O)N2C)cc1OC(C)=O. The number of nitrogens with zero attached hydrogens (tertiary/aromatic N) is 1. The van der Waals surface area contributed by atoms with Crippen LogP contribution in [0.25, 0.3) is 12.2 Å². The fourth-order valence-electron chi connectivity index (χ4n) is 3.44. The van der Waals surface area contributed by atoms with Crippen LogP contribution in [0.15, 0.2) is 47.7 Å². The molecule has 3 rings (SSSR count). The van der Waals surface area contributed by atoms with E-state index < -0.39 is 11.9 Å². The average Bonchev–Trinajstić information content (AvgIpc) is 2.73. The first kappa shape index (κ1) is 23.7. The summed E-state index contributed by atoms with van der Waals surface area (Å²) >= 11 is 0. The highest BCUT2D eigenvalue weighted by Gasteiger charge is 2.30. The van der Waals surface area contributed by atoms with Gasteiger partial charge < -0.3 is 14.4 Å². The summed E-state index contributed by atoms with van der Waals surface area (Å²) in [7, 11) is 1.54. The molecule has 1 amide bonds. The Morgan fingerprint density at radius 1 is 0.848 bits per heavy atom. The van der Waals surface area contributed by atoms with Crippen LogP contribution in [0.4, 0.5) is 0 Å². The Hall–Kier alpha value is -4.00. The smallest absolute Gasteiger partial charge is 0.308 e. The Morgan fingerprint density at radius 3 is 2.09 bits per heavy atom. The van der Waals surface area contributed by atoms with E-state index in [9.17, 15) is 19.2 Å². The lowest BCUT2D eigenvalue weighted by atomic mass is 9.95. The Morgan fingerprint density at radius 2 is 1.45 bits per heavy atom. The van der Waals surface area contributed by atoms with Gasteiger partial charge in [-0.25, -0.2) is 0 Å². The molecule has 2 aromatic rings. The number of hydrogen-bond donors (Lipinski definition) is 0. The highest BCUT2D eigenvalue weighted by Crippen LogP contribution is 2.31. The number of aryl methyl sites for hydroxylation is 2. The minimum absolute atomic E-state index is 0.0235. The average molecular weight is 447 g/mol. The lowest BCUT2D eigenvalue weighted by Crippen LogP contribution is -2.36. The lowest BCUT2D eigenvalue weighted by Gasteiger charge is -2.26. The quantitative estimate of drug-likeness (QED) is 0.400. The van der Waals surface area contributed by atoms with Crippen LogP contribution in [0.2, 0.25) is 0 Å². The number of hydrogen-bond acceptors (Lipinski definition) is 6. The highest BCUT2D eigenvalue weighted by atomic mass is 16.6. The number of benzene rings is 2. The predicted molar refractivity (Wildman–Crippen MR) is 123 cm³/mol. The van der Waals surface area contributed by atoms with Crippen LogP contribution in [0.1, 0.15) is 42.5 Å². The molecule has 0 bridgehead atoms. The minimum atomic E-state index is -0.588. The van der Waals surface area contributed by atoms with Gasteiger partial charge in [0.2, 0.25) is 0 Å². The summed E-state index contributed by atoms with van der Waals surface area (Å²) in [6.07, 6.45) is 3.26. The second kappa shape index (κ2) is 9.65. The lowest BCUT2D eigenvalue weighted by molar-refractivity contribution is -0.134. The first-order chi connectivity index (χ1) is 15.5. The molecule has 7 heteroatoms. The molecule has 1 fully saturated rings. The summed E-state index contributed by atoms with van der Waals surface area (Å²) in [4.78, 5) is 49.9. The molecule has 33 heavy (non-hydrogen) atoms. The van der Waals surface area contributed by atoms with Crippen molar-refractivity contribution in [1.82, 2.24) is 4.90 Å². The van der Waals surface area contributed by atoms with Crippen LogP contribution >= 0.6 is 0 Å². The molecule has 0 saturated carbocycles. The van der Waals surface area contributed by atoms with E-state index in [0.717, 1.165) is 16.7 Å². The second-order valence-corrected chi connectivity index (χ2v) is 7.90. The van der Waals surface area contributed by atoms with Crippen molar-refractivity contribution in [3.63, 3.8) is 0 Å². The number of ether oxygens (including phenoxy) is 2. The fourth-order valence-corrected chi connectivity index (χ4v) is 3.44. The second-order valence-electron chi connectivity index (χ2n) is 7.90. The van der Waals surface area contributed by atoms with Gasteiger partial charge >= 0.3 is 11.9 Å². The number of likely N-dealkylation sites (N-methyl/N-ethyl adjacent to an activating group) is 1. The molecular weight excluding hydrogens is 422 g/mol. The van der Waals surface area contributed by atoms with E-state index in [1.54, 1.807) is 19.2 Å². The Bertz CT molecular complexity index is 1220. The number of Topliss-reactive ketones (excluding diaryl/α,β-unsaturated/α-hetero) is 1. The topological polar surface area (TPSA) is 90.0 Å². The van der Waals surface area contributed by atoms with Crippen molar-refractivity contribution in [3.05, 3.63) is 69.9 Å². The maximum Gasteiger partial charge on any atom is 0.308 e. The normalized spacial score (nSPS) is 16.3. The van der Waals surface area contributed by atoms with E-state index in [4.69, 9.17) is 9.47 Å². The van der Waals surface area contributed by atoms with E-state index in [2.05, 4.69) is 0 Å². The Labute approximate surface area is 192 Å². The van der Waals surface area contributed by atoms with Gasteiger partial charge in [0.1, 0.15) is 0 Å². The molecule has 1 saturated heterocycles. The van der Waals surface area contributed by atoms with Gasteiger partial charge in [0.25, 0.3) is 5.91 Å². The van der Waals surface area contributed by atoms with Gasteiger partial charge in [0.05, 0.1) is 5.70 Å². The number of rotatable bonds is 4. The minimum Gasteiger partial charge on any atom is -0.423 e. The fraction of sp³-hybridized carbons (Fsp3) is 0.231. The molecule has 0 radical (unpaired) electrons. The van der Waals surface area contributed by atoms with Crippen LogP contribution in [0, 0.1) is 13.8 Å². The zero-order valence-electron chi connectivity index (χ0n) is 19.2. The maximum atomic E-state index is 13.0. The molecule has 7 nitrogen and oxygen atoms in total. The van der Waals surface area contributed by atoms with E-state index in [1.165, 1.54) is 37.0 Å². The predicted octanol–water partition coefficient (Wildman–Crippen LogP) is 4.01. The van der Waals surface area contributed by atoms with Crippen molar-refractivity contribution in [2.45, 2.75) is 34.1 Å². The first-order valence-corrected chi connectivity index (χ1v) is 10.4. The number of carbonyl (C=O) groups excluding carboxylic acids is 4. The van der Waals surface area contributed by atoms with Gasteiger partial charge in [-0.2, -0.15) is 0 Å². The van der Waals surface area contributed by atoms with Gasteiger partial charge in [-0.3, -0.25) is 19.2 Å². The van der Waals surface area contributed by atoms with Crippen molar-refractivity contribution in [3.8, 4) is 11.5 Å². The molecule has 0 aliphatic carbocycles. The first-order valence-electron chi connectivity index (χ1n) is 10.4. The number of piperidine rings is 1. The van der Waals surface area contributed by atoms with Crippen LogP contribution in [0.3, 0.4) is 0 Å². The third-order valence-corrected chi connectivity index (χ3v) is 5.23.